The molecular weight excluding hydrogens is 352 g/mol. The number of nitrogens with one attached hydrogen (secondary N) is 4. The van der Waals surface area contributed by atoms with Crippen LogP contribution < -0.4 is 21.3 Å². The van der Waals surface area contributed by atoms with Crippen LogP contribution in [0.15, 0.2) is 0 Å². The number of aliphatic hydroxyl groups excluding tert-OH is 1. The number of fused-ring (bicyclic) bond motifs is 4. The van der Waals surface area contributed by atoms with Gasteiger partial charge < -0.3 is 26.4 Å². The molecule has 0 saturated carbocycles. The van der Waals surface area contributed by atoms with Gasteiger partial charge in [-0.2, -0.15) is 0 Å². The van der Waals surface area contributed by atoms with Gasteiger partial charge >= 0.3 is 0 Å². The van der Waals surface area contributed by atoms with Crippen molar-refractivity contribution < 1.29 is 5.11 Å². The molecule has 0 unspecified atom stereocenters. The van der Waals surface area contributed by atoms with Crippen LogP contribution in [-0.4, -0.2) is 113 Å². The highest BCUT2D eigenvalue weighted by atomic mass is 16.3. The van der Waals surface area contributed by atoms with Crippen LogP contribution in [0.25, 0.3) is 0 Å². The van der Waals surface area contributed by atoms with Crippen LogP contribution in [0.3, 0.4) is 0 Å². The van der Waals surface area contributed by atoms with Crippen LogP contribution in [-0.2, 0) is 0 Å². The van der Waals surface area contributed by atoms with Crippen molar-refractivity contribution in [2.24, 2.45) is 0 Å². The smallest absolute Gasteiger partial charge is 0.0793 e. The Morgan fingerprint density at radius 1 is 0.464 bits per heavy atom. The zero-order valence-corrected chi connectivity index (χ0v) is 18.1. The number of hydrogen-bond acceptors (Lipinski definition) is 7. The molecule has 0 aromatic rings. The zero-order valence-electron chi connectivity index (χ0n) is 18.1. The molecule has 2 saturated heterocycles. The van der Waals surface area contributed by atoms with Gasteiger partial charge in [-0.3, -0.25) is 9.80 Å². The molecular formula is C21H46N6O. The minimum Gasteiger partial charge on any atom is -0.390 e. The van der Waals surface area contributed by atoms with Crippen LogP contribution in [0.5, 0.6) is 0 Å². The summed E-state index contributed by atoms with van der Waals surface area (Å²) in [5.41, 5.74) is 0. The highest BCUT2D eigenvalue weighted by molar-refractivity contribution is 4.73. The van der Waals surface area contributed by atoms with Crippen LogP contribution in [0.1, 0.15) is 38.5 Å². The molecule has 0 atom stereocenters. The largest absolute Gasteiger partial charge is 0.390 e. The van der Waals surface area contributed by atoms with Crippen molar-refractivity contribution in [3.05, 3.63) is 0 Å². The first-order valence-electron chi connectivity index (χ1n) is 11.8. The lowest BCUT2D eigenvalue weighted by molar-refractivity contribution is 0.0744. The van der Waals surface area contributed by atoms with Crippen LogP contribution in [0, 0.1) is 0 Å². The second kappa shape index (κ2) is 16.5. The average Bonchev–Trinajstić information content (AvgIpc) is 2.67. The van der Waals surface area contributed by atoms with Gasteiger partial charge in [0.2, 0.25) is 0 Å². The predicted octanol–water partition coefficient (Wildman–Crippen LogP) is -0.322. The summed E-state index contributed by atoms with van der Waals surface area (Å²) >= 11 is 0. The molecule has 0 aliphatic carbocycles. The molecule has 5 N–H and O–H groups in total. The maximum Gasteiger partial charge on any atom is 0.0793 e. The van der Waals surface area contributed by atoms with Crippen molar-refractivity contribution in [1.29, 1.82) is 0 Å². The van der Waals surface area contributed by atoms with Crippen LogP contribution in [0.4, 0.5) is 0 Å². The van der Waals surface area contributed by atoms with Gasteiger partial charge in [0.25, 0.3) is 0 Å². The molecule has 0 aromatic heterocycles. The molecule has 7 nitrogen and oxygen atoms in total. The summed E-state index contributed by atoms with van der Waals surface area (Å²) in [6, 6.07) is 0. The van der Waals surface area contributed by atoms with E-state index in [1.807, 2.05) is 0 Å². The lowest BCUT2D eigenvalue weighted by Gasteiger charge is -2.30. The van der Waals surface area contributed by atoms with Gasteiger partial charge in [0, 0.05) is 65.4 Å². The first-order valence-corrected chi connectivity index (χ1v) is 11.8. The van der Waals surface area contributed by atoms with Gasteiger partial charge in [-0.25, -0.2) is 0 Å². The van der Waals surface area contributed by atoms with Crippen molar-refractivity contribution in [1.82, 2.24) is 31.1 Å². The predicted molar refractivity (Wildman–Crippen MR) is 118 cm³/mol. The van der Waals surface area contributed by atoms with Gasteiger partial charge in [-0.1, -0.05) is 12.8 Å². The fraction of sp³-hybridized carbons (Fsp3) is 1.00. The fourth-order valence-electron chi connectivity index (χ4n) is 4.04. The number of rotatable bonds is 0. The molecule has 0 amide bonds. The maximum absolute atomic E-state index is 10.8. The monoisotopic (exact) mass is 398 g/mol. The second-order valence-electron chi connectivity index (χ2n) is 8.38. The summed E-state index contributed by atoms with van der Waals surface area (Å²) in [6.07, 6.45) is 7.31. The Labute approximate surface area is 173 Å². The molecule has 7 heteroatoms. The molecule has 2 bridgehead atoms. The fourth-order valence-corrected chi connectivity index (χ4v) is 4.04. The van der Waals surface area contributed by atoms with E-state index in [1.54, 1.807) is 0 Å². The standard InChI is InChI=1S/C21H46N6O/c28-21-19-26-15-11-22-7-3-1-4-8-23-12-16-27(20-21)18-14-25-10-6-2-5-9-24-13-17-26/h21-25,28H,1-20H2. The topological polar surface area (TPSA) is 74.8 Å². The molecule has 0 spiro atoms. The van der Waals surface area contributed by atoms with Gasteiger partial charge in [0.1, 0.15) is 0 Å². The Hall–Kier alpha value is -0.280. The van der Waals surface area contributed by atoms with E-state index in [9.17, 15) is 5.11 Å². The summed E-state index contributed by atoms with van der Waals surface area (Å²) in [7, 11) is 0. The van der Waals surface area contributed by atoms with Crippen molar-refractivity contribution >= 4 is 0 Å². The molecule has 0 radical (unpaired) electrons. The van der Waals surface area contributed by atoms with Crippen LogP contribution >= 0.6 is 0 Å². The maximum atomic E-state index is 10.8. The third-order valence-electron chi connectivity index (χ3n) is 5.77. The Balaban J connectivity index is 1.91. The lowest BCUT2D eigenvalue weighted by atomic mass is 10.2. The number of hydrogen-bond donors (Lipinski definition) is 5. The molecule has 2 fully saturated rings. The van der Waals surface area contributed by atoms with Gasteiger partial charge in [0.05, 0.1) is 6.10 Å². The van der Waals surface area contributed by atoms with Gasteiger partial charge in [0.15, 0.2) is 0 Å². The third kappa shape index (κ3) is 12.3. The van der Waals surface area contributed by atoms with Gasteiger partial charge in [-0.05, 0) is 51.9 Å². The minimum absolute atomic E-state index is 0.291. The summed E-state index contributed by atoms with van der Waals surface area (Å²) in [5.74, 6) is 0. The zero-order chi connectivity index (χ0) is 19.7. The molecule has 2 rings (SSSR count). The normalized spacial score (nSPS) is 32.2. The number of aliphatic hydroxyl groups is 1. The van der Waals surface area contributed by atoms with E-state index >= 15 is 0 Å². The first kappa shape index (κ1) is 24.0. The van der Waals surface area contributed by atoms with Crippen molar-refractivity contribution in [3.8, 4) is 0 Å². The van der Waals surface area contributed by atoms with Crippen LogP contribution in [0.2, 0.25) is 0 Å². The third-order valence-corrected chi connectivity index (χ3v) is 5.77. The second-order valence-corrected chi connectivity index (χ2v) is 8.38. The van der Waals surface area contributed by atoms with E-state index in [2.05, 4.69) is 31.1 Å². The van der Waals surface area contributed by atoms with Crippen molar-refractivity contribution in [3.63, 3.8) is 0 Å². The Bertz CT molecular complexity index is 304. The molecule has 2 aliphatic heterocycles. The molecule has 2 aliphatic rings. The first-order chi connectivity index (χ1) is 13.8. The Morgan fingerprint density at radius 2 is 0.786 bits per heavy atom. The van der Waals surface area contributed by atoms with E-state index in [1.165, 1.54) is 38.5 Å². The molecule has 166 valence electrons. The Morgan fingerprint density at radius 3 is 1.11 bits per heavy atom. The highest BCUT2D eigenvalue weighted by Crippen LogP contribution is 2.00. The van der Waals surface area contributed by atoms with E-state index in [0.29, 0.717) is 0 Å². The van der Waals surface area contributed by atoms with Gasteiger partial charge in [-0.15, -0.1) is 0 Å². The molecule has 28 heavy (non-hydrogen) atoms. The molecule has 0 aromatic carbocycles. The summed E-state index contributed by atoms with van der Waals surface area (Å²) in [5, 5.41) is 25.1. The summed E-state index contributed by atoms with van der Waals surface area (Å²) in [6.45, 7) is 14.1. The SMILES string of the molecule is OC1CN2CCNCCCCCNCCN(CCNCCCCCNCC2)C1. The lowest BCUT2D eigenvalue weighted by Crippen LogP contribution is -2.47. The Kier molecular flexibility index (Phi) is 14.1. The molecule has 2 heterocycles. The summed E-state index contributed by atoms with van der Waals surface area (Å²) < 4.78 is 0. The summed E-state index contributed by atoms with van der Waals surface area (Å²) in [4.78, 5) is 4.86. The number of nitrogens with zero attached hydrogens (tertiary/aromatic N) is 2. The van der Waals surface area contributed by atoms with E-state index in [-0.39, 0.29) is 6.10 Å². The quantitative estimate of drug-likeness (QED) is 0.383. The van der Waals surface area contributed by atoms with E-state index < -0.39 is 0 Å². The van der Waals surface area contributed by atoms with E-state index in [4.69, 9.17) is 0 Å². The van der Waals surface area contributed by atoms with Crippen molar-refractivity contribution in [2.75, 3.05) is 91.6 Å². The average molecular weight is 399 g/mol. The van der Waals surface area contributed by atoms with Crippen molar-refractivity contribution in [2.45, 2.75) is 44.6 Å². The van der Waals surface area contributed by atoms with E-state index in [0.717, 1.165) is 91.6 Å². The highest BCUT2D eigenvalue weighted by Gasteiger charge is 2.16. The minimum atomic E-state index is -0.291.